The standard InChI is InChI=1S/C28H34N2O6/c1-6-29(7-2)15-16-30-25(20-9-12-22(13-10-20)36-19(5)31)24(27(33)28(30)34)26(32)21-11-14-23(35-8-3)18(4)17-21/h9-14,17,25,32H,6-8,15-16H2,1-5H3/b26-24-. The third kappa shape index (κ3) is 5.76. The molecule has 1 aliphatic rings. The van der Waals surface area contributed by atoms with E-state index in [2.05, 4.69) is 4.90 Å². The van der Waals surface area contributed by atoms with Crippen molar-refractivity contribution in [3.63, 3.8) is 0 Å². The first kappa shape index (κ1) is 26.9. The average molecular weight is 495 g/mol. The van der Waals surface area contributed by atoms with Gasteiger partial charge in [0.1, 0.15) is 17.3 Å². The molecule has 0 radical (unpaired) electrons. The minimum Gasteiger partial charge on any atom is -0.507 e. The number of carbonyl (C=O) groups excluding carboxylic acids is 3. The molecule has 1 heterocycles. The van der Waals surface area contributed by atoms with Crippen molar-refractivity contribution in [3.05, 3.63) is 64.7 Å². The van der Waals surface area contributed by atoms with E-state index in [4.69, 9.17) is 9.47 Å². The van der Waals surface area contributed by atoms with Crippen LogP contribution in [0.5, 0.6) is 11.5 Å². The molecular formula is C28H34N2O6. The molecule has 2 aromatic rings. The summed E-state index contributed by atoms with van der Waals surface area (Å²) in [7, 11) is 0. The third-order valence-corrected chi connectivity index (χ3v) is 6.30. The van der Waals surface area contributed by atoms with Gasteiger partial charge in [-0.25, -0.2) is 0 Å². The summed E-state index contributed by atoms with van der Waals surface area (Å²) in [6.45, 7) is 12.2. The Hall–Kier alpha value is -3.65. The summed E-state index contributed by atoms with van der Waals surface area (Å²) in [6.07, 6.45) is 0. The van der Waals surface area contributed by atoms with E-state index in [1.54, 1.807) is 42.5 Å². The van der Waals surface area contributed by atoms with Gasteiger partial charge in [0, 0.05) is 25.6 Å². The second-order valence-corrected chi connectivity index (χ2v) is 8.60. The molecule has 0 bridgehead atoms. The molecule has 0 aromatic heterocycles. The van der Waals surface area contributed by atoms with Crippen LogP contribution < -0.4 is 9.47 Å². The molecule has 2 aromatic carbocycles. The van der Waals surface area contributed by atoms with Crippen LogP contribution in [0.1, 0.15) is 50.4 Å². The molecule has 1 amide bonds. The van der Waals surface area contributed by atoms with Crippen LogP contribution in [0.4, 0.5) is 0 Å². The van der Waals surface area contributed by atoms with Crippen molar-refractivity contribution in [1.29, 1.82) is 0 Å². The van der Waals surface area contributed by atoms with Crippen LogP contribution >= 0.6 is 0 Å². The van der Waals surface area contributed by atoms with Gasteiger partial charge in [-0.3, -0.25) is 14.4 Å². The average Bonchev–Trinajstić information content (AvgIpc) is 3.10. The molecular weight excluding hydrogens is 460 g/mol. The molecule has 1 fully saturated rings. The number of carbonyl (C=O) groups is 3. The number of likely N-dealkylation sites (tertiary alicyclic amines) is 1. The number of benzene rings is 2. The third-order valence-electron chi connectivity index (χ3n) is 6.30. The van der Waals surface area contributed by atoms with Crippen LogP contribution in [0.15, 0.2) is 48.0 Å². The lowest BCUT2D eigenvalue weighted by atomic mass is 9.94. The number of aliphatic hydroxyl groups excluding tert-OH is 1. The topological polar surface area (TPSA) is 96.4 Å². The largest absolute Gasteiger partial charge is 0.507 e. The zero-order valence-electron chi connectivity index (χ0n) is 21.5. The predicted octanol–water partition coefficient (Wildman–Crippen LogP) is 4.08. The van der Waals surface area contributed by atoms with Gasteiger partial charge >= 0.3 is 5.97 Å². The van der Waals surface area contributed by atoms with E-state index in [1.165, 1.54) is 11.8 Å². The van der Waals surface area contributed by atoms with Gasteiger partial charge in [0.25, 0.3) is 11.7 Å². The Morgan fingerprint density at radius 1 is 1.06 bits per heavy atom. The summed E-state index contributed by atoms with van der Waals surface area (Å²) < 4.78 is 10.7. The number of aliphatic hydroxyl groups is 1. The number of rotatable bonds is 10. The van der Waals surface area contributed by atoms with Crippen LogP contribution in [0, 0.1) is 6.92 Å². The molecule has 192 valence electrons. The molecule has 0 aliphatic carbocycles. The highest BCUT2D eigenvalue weighted by atomic mass is 16.5. The molecule has 0 saturated carbocycles. The Labute approximate surface area is 212 Å². The minimum absolute atomic E-state index is 0.0309. The number of Topliss-reactive ketones (excluding diaryl/α,β-unsaturated/α-hetero) is 1. The first-order chi connectivity index (χ1) is 17.2. The number of ether oxygens (including phenoxy) is 2. The number of esters is 1. The van der Waals surface area contributed by atoms with E-state index in [1.807, 2.05) is 27.7 Å². The van der Waals surface area contributed by atoms with E-state index >= 15 is 0 Å². The SMILES string of the molecule is CCOc1ccc(/C(O)=C2/C(=O)C(=O)N(CCN(CC)CC)C2c2ccc(OC(C)=O)cc2)cc1C. The van der Waals surface area contributed by atoms with E-state index in [9.17, 15) is 19.5 Å². The molecule has 1 N–H and O–H groups in total. The molecule has 1 aliphatic heterocycles. The highest BCUT2D eigenvalue weighted by Gasteiger charge is 2.46. The number of amides is 1. The lowest BCUT2D eigenvalue weighted by Gasteiger charge is -2.28. The molecule has 36 heavy (non-hydrogen) atoms. The Kier molecular flexibility index (Phi) is 8.88. The van der Waals surface area contributed by atoms with Gasteiger partial charge in [0.05, 0.1) is 18.2 Å². The second kappa shape index (κ2) is 11.9. The smallest absolute Gasteiger partial charge is 0.308 e. The maximum atomic E-state index is 13.2. The van der Waals surface area contributed by atoms with Crippen LogP contribution in [-0.2, 0) is 14.4 Å². The summed E-state index contributed by atoms with van der Waals surface area (Å²) >= 11 is 0. The van der Waals surface area contributed by atoms with Crippen molar-refractivity contribution >= 4 is 23.4 Å². The highest BCUT2D eigenvalue weighted by Crippen LogP contribution is 2.40. The summed E-state index contributed by atoms with van der Waals surface area (Å²) in [5.74, 6) is -1.02. The maximum absolute atomic E-state index is 13.2. The zero-order valence-corrected chi connectivity index (χ0v) is 21.5. The van der Waals surface area contributed by atoms with Gasteiger partial charge in [-0.05, 0) is 68.4 Å². The van der Waals surface area contributed by atoms with Gasteiger partial charge in [0.2, 0.25) is 0 Å². The Morgan fingerprint density at radius 3 is 2.28 bits per heavy atom. The lowest BCUT2D eigenvalue weighted by Crippen LogP contribution is -2.38. The summed E-state index contributed by atoms with van der Waals surface area (Å²) in [5.41, 5.74) is 1.90. The van der Waals surface area contributed by atoms with Crippen molar-refractivity contribution in [1.82, 2.24) is 9.80 Å². The van der Waals surface area contributed by atoms with Gasteiger partial charge in [-0.2, -0.15) is 0 Å². The highest BCUT2D eigenvalue weighted by molar-refractivity contribution is 6.46. The Bertz CT molecular complexity index is 1150. The predicted molar refractivity (Wildman–Crippen MR) is 137 cm³/mol. The Morgan fingerprint density at radius 2 is 1.72 bits per heavy atom. The fourth-order valence-electron chi connectivity index (χ4n) is 4.40. The number of ketones is 1. The molecule has 1 saturated heterocycles. The van der Waals surface area contributed by atoms with Crippen LogP contribution in [0.25, 0.3) is 5.76 Å². The fourth-order valence-corrected chi connectivity index (χ4v) is 4.40. The van der Waals surface area contributed by atoms with Crippen molar-refractivity contribution in [2.45, 2.75) is 40.7 Å². The number of aryl methyl sites for hydroxylation is 1. The first-order valence-electron chi connectivity index (χ1n) is 12.2. The normalized spacial score (nSPS) is 17.1. The van der Waals surface area contributed by atoms with Gasteiger partial charge in [-0.15, -0.1) is 0 Å². The van der Waals surface area contributed by atoms with Gasteiger partial charge in [-0.1, -0.05) is 26.0 Å². The molecule has 3 rings (SSSR count). The number of likely N-dealkylation sites (N-methyl/N-ethyl adjacent to an activating group) is 1. The minimum atomic E-state index is -0.779. The van der Waals surface area contributed by atoms with E-state index in [0.717, 1.165) is 18.7 Å². The van der Waals surface area contributed by atoms with Crippen molar-refractivity contribution in [3.8, 4) is 11.5 Å². The molecule has 8 nitrogen and oxygen atoms in total. The van der Waals surface area contributed by atoms with E-state index in [-0.39, 0.29) is 11.3 Å². The first-order valence-corrected chi connectivity index (χ1v) is 12.2. The molecule has 1 atom stereocenters. The number of nitrogens with zero attached hydrogens (tertiary/aromatic N) is 2. The lowest BCUT2D eigenvalue weighted by molar-refractivity contribution is -0.140. The van der Waals surface area contributed by atoms with E-state index < -0.39 is 23.7 Å². The summed E-state index contributed by atoms with van der Waals surface area (Å²) in [4.78, 5) is 41.4. The second-order valence-electron chi connectivity index (χ2n) is 8.60. The summed E-state index contributed by atoms with van der Waals surface area (Å²) in [6, 6.07) is 11.0. The fraction of sp³-hybridized carbons (Fsp3) is 0.393. The zero-order chi connectivity index (χ0) is 26.4. The quantitative estimate of drug-likeness (QED) is 0.175. The van der Waals surface area contributed by atoms with Crippen LogP contribution in [0.2, 0.25) is 0 Å². The maximum Gasteiger partial charge on any atom is 0.308 e. The van der Waals surface area contributed by atoms with Crippen LogP contribution in [0.3, 0.4) is 0 Å². The van der Waals surface area contributed by atoms with Crippen LogP contribution in [-0.4, -0.2) is 65.4 Å². The van der Waals surface area contributed by atoms with Crippen molar-refractivity contribution in [2.24, 2.45) is 0 Å². The van der Waals surface area contributed by atoms with Crippen molar-refractivity contribution < 1.29 is 29.0 Å². The molecule has 8 heteroatoms. The molecule has 1 unspecified atom stereocenters. The number of hydrogen-bond donors (Lipinski definition) is 1. The van der Waals surface area contributed by atoms with Gasteiger partial charge in [0.15, 0.2) is 0 Å². The van der Waals surface area contributed by atoms with Crippen molar-refractivity contribution in [2.75, 3.05) is 32.8 Å². The molecule has 0 spiro atoms. The van der Waals surface area contributed by atoms with Gasteiger partial charge < -0.3 is 24.4 Å². The van der Waals surface area contributed by atoms with E-state index in [0.29, 0.717) is 42.3 Å². The Balaban J connectivity index is 2.09. The number of hydrogen-bond acceptors (Lipinski definition) is 7. The monoisotopic (exact) mass is 494 g/mol. The summed E-state index contributed by atoms with van der Waals surface area (Å²) in [5, 5.41) is 11.3.